The van der Waals surface area contributed by atoms with Gasteiger partial charge in [-0.2, -0.15) is 0 Å². The molecule has 0 spiro atoms. The Hall–Kier alpha value is -2.96. The number of aliphatic hydroxyl groups is 1. The molecule has 0 bridgehead atoms. The molecule has 0 aliphatic rings. The molecule has 0 saturated carbocycles. The maximum Gasteiger partial charge on any atom is 0.262 e. The maximum absolute atomic E-state index is 13.1. The molecule has 1 N–H and O–H groups in total. The first-order chi connectivity index (χ1) is 13.6. The molecule has 6 heteroatoms. The highest BCUT2D eigenvalue weighted by atomic mass is 32.1. The molecule has 0 radical (unpaired) electrons. The molecule has 4 rings (SSSR count). The number of para-hydroxylation sites is 1. The van der Waals surface area contributed by atoms with Gasteiger partial charge in [0.25, 0.3) is 5.56 Å². The van der Waals surface area contributed by atoms with E-state index in [4.69, 9.17) is 4.74 Å². The number of fused-ring (bicyclic) bond motifs is 1. The quantitative estimate of drug-likeness (QED) is 0.541. The predicted molar refractivity (Wildman–Crippen MR) is 112 cm³/mol. The SMILES string of the molecule is Cc1sc2ncn(CC(O)COc3ccccc3)c(=O)c2c1-c1ccccc1. The zero-order valence-corrected chi connectivity index (χ0v) is 16.2. The van der Waals surface area contributed by atoms with Crippen LogP contribution < -0.4 is 10.3 Å². The fraction of sp³-hybridized carbons (Fsp3) is 0.182. The number of rotatable bonds is 6. The number of ether oxygens (including phenoxy) is 1. The Labute approximate surface area is 166 Å². The molecule has 142 valence electrons. The minimum atomic E-state index is -0.822. The van der Waals surface area contributed by atoms with Gasteiger partial charge in [-0.25, -0.2) is 4.98 Å². The van der Waals surface area contributed by atoms with E-state index in [-0.39, 0.29) is 18.7 Å². The molecule has 2 aromatic heterocycles. The fourth-order valence-corrected chi connectivity index (χ4v) is 4.21. The molecule has 1 unspecified atom stereocenters. The maximum atomic E-state index is 13.1. The van der Waals surface area contributed by atoms with Gasteiger partial charge in [-0.1, -0.05) is 48.5 Å². The second-order valence-corrected chi connectivity index (χ2v) is 7.76. The Morgan fingerprint density at radius 3 is 2.50 bits per heavy atom. The highest BCUT2D eigenvalue weighted by Crippen LogP contribution is 2.35. The Morgan fingerprint density at radius 2 is 1.79 bits per heavy atom. The van der Waals surface area contributed by atoms with Gasteiger partial charge >= 0.3 is 0 Å². The summed E-state index contributed by atoms with van der Waals surface area (Å²) in [6.45, 7) is 2.22. The zero-order chi connectivity index (χ0) is 19.5. The van der Waals surface area contributed by atoms with Crippen LogP contribution in [0.25, 0.3) is 21.3 Å². The topological polar surface area (TPSA) is 64.3 Å². The first kappa shape index (κ1) is 18.4. The van der Waals surface area contributed by atoms with Crippen molar-refractivity contribution in [3.8, 4) is 16.9 Å². The van der Waals surface area contributed by atoms with Crippen LogP contribution in [0.3, 0.4) is 0 Å². The molecule has 4 aromatic rings. The van der Waals surface area contributed by atoms with Gasteiger partial charge in [0, 0.05) is 10.4 Å². The first-order valence-corrected chi connectivity index (χ1v) is 9.85. The van der Waals surface area contributed by atoms with E-state index in [0.717, 1.165) is 16.0 Å². The zero-order valence-electron chi connectivity index (χ0n) is 15.4. The standard InChI is InChI=1S/C22H20N2O3S/c1-15-19(16-8-4-2-5-9-16)20-21(28-15)23-14-24(22(20)26)12-17(25)13-27-18-10-6-3-7-11-18/h2-11,14,17,25H,12-13H2,1H3. The first-order valence-electron chi connectivity index (χ1n) is 9.03. The van der Waals surface area contributed by atoms with Crippen LogP contribution in [0.2, 0.25) is 0 Å². The number of thiophene rings is 1. The van der Waals surface area contributed by atoms with E-state index in [2.05, 4.69) is 4.98 Å². The van der Waals surface area contributed by atoms with Gasteiger partial charge in [0.1, 0.15) is 23.3 Å². The lowest BCUT2D eigenvalue weighted by molar-refractivity contribution is 0.0915. The lowest BCUT2D eigenvalue weighted by atomic mass is 10.0. The minimum absolute atomic E-state index is 0.0999. The summed E-state index contributed by atoms with van der Waals surface area (Å²) in [5.74, 6) is 0.683. The van der Waals surface area contributed by atoms with Crippen molar-refractivity contribution in [2.45, 2.75) is 19.6 Å². The predicted octanol–water partition coefficient (Wildman–Crippen LogP) is 3.87. The summed E-state index contributed by atoms with van der Waals surface area (Å²) >= 11 is 1.51. The number of aromatic nitrogens is 2. The van der Waals surface area contributed by atoms with Crippen LogP contribution in [0.5, 0.6) is 5.75 Å². The summed E-state index contributed by atoms with van der Waals surface area (Å²) in [6.07, 6.45) is 0.679. The third kappa shape index (κ3) is 3.69. The summed E-state index contributed by atoms with van der Waals surface area (Å²) in [5, 5.41) is 10.9. The highest BCUT2D eigenvalue weighted by molar-refractivity contribution is 7.19. The van der Waals surface area contributed by atoms with Crippen LogP contribution in [0.15, 0.2) is 71.8 Å². The van der Waals surface area contributed by atoms with Crippen molar-refractivity contribution in [3.63, 3.8) is 0 Å². The number of aryl methyl sites for hydroxylation is 1. The number of benzene rings is 2. The van der Waals surface area contributed by atoms with E-state index in [1.165, 1.54) is 22.2 Å². The van der Waals surface area contributed by atoms with Gasteiger partial charge in [0.15, 0.2) is 0 Å². The highest BCUT2D eigenvalue weighted by Gasteiger charge is 2.18. The molecular formula is C22H20N2O3S. The summed E-state index contributed by atoms with van der Waals surface area (Å²) in [6, 6.07) is 19.1. The Balaban J connectivity index is 1.62. The molecule has 1 atom stereocenters. The molecule has 28 heavy (non-hydrogen) atoms. The second-order valence-electron chi connectivity index (χ2n) is 6.56. The second kappa shape index (κ2) is 7.96. The molecule has 0 amide bonds. The molecule has 0 saturated heterocycles. The van der Waals surface area contributed by atoms with Gasteiger partial charge in [0.2, 0.25) is 0 Å². The summed E-state index contributed by atoms with van der Waals surface area (Å²) in [7, 11) is 0. The van der Waals surface area contributed by atoms with E-state index in [9.17, 15) is 9.90 Å². The summed E-state index contributed by atoms with van der Waals surface area (Å²) < 4.78 is 7.04. The monoisotopic (exact) mass is 392 g/mol. The van der Waals surface area contributed by atoms with Crippen LogP contribution in [0.1, 0.15) is 4.88 Å². The molecule has 5 nitrogen and oxygen atoms in total. The fourth-order valence-electron chi connectivity index (χ4n) is 3.21. The minimum Gasteiger partial charge on any atom is -0.491 e. The Bertz CT molecular complexity index is 1140. The summed E-state index contributed by atoms with van der Waals surface area (Å²) in [4.78, 5) is 19.3. The molecule has 0 aliphatic heterocycles. The van der Waals surface area contributed by atoms with Crippen molar-refractivity contribution in [2.75, 3.05) is 6.61 Å². The van der Waals surface area contributed by atoms with Crippen molar-refractivity contribution in [1.29, 1.82) is 0 Å². The number of nitrogens with zero attached hydrogens (tertiary/aromatic N) is 2. The van der Waals surface area contributed by atoms with E-state index in [1.807, 2.05) is 67.6 Å². The van der Waals surface area contributed by atoms with E-state index in [1.54, 1.807) is 0 Å². The van der Waals surface area contributed by atoms with Crippen LogP contribution >= 0.6 is 11.3 Å². The van der Waals surface area contributed by atoms with Gasteiger partial charge in [0.05, 0.1) is 18.3 Å². The van der Waals surface area contributed by atoms with Gasteiger partial charge in [-0.15, -0.1) is 11.3 Å². The molecule has 2 heterocycles. The number of aliphatic hydroxyl groups excluding tert-OH is 1. The van der Waals surface area contributed by atoms with Crippen molar-refractivity contribution in [2.24, 2.45) is 0 Å². The smallest absolute Gasteiger partial charge is 0.262 e. The number of hydrogen-bond acceptors (Lipinski definition) is 5. The average molecular weight is 392 g/mol. The van der Waals surface area contributed by atoms with Crippen molar-refractivity contribution >= 4 is 21.6 Å². The van der Waals surface area contributed by atoms with Gasteiger partial charge in [-0.05, 0) is 24.6 Å². The number of hydrogen-bond donors (Lipinski definition) is 1. The van der Waals surface area contributed by atoms with Crippen LogP contribution in [-0.4, -0.2) is 27.4 Å². The largest absolute Gasteiger partial charge is 0.491 e. The summed E-state index contributed by atoms with van der Waals surface area (Å²) in [5.41, 5.74) is 1.77. The average Bonchev–Trinajstić information content (AvgIpc) is 3.07. The Morgan fingerprint density at radius 1 is 1.11 bits per heavy atom. The van der Waals surface area contributed by atoms with Crippen LogP contribution in [0.4, 0.5) is 0 Å². The van der Waals surface area contributed by atoms with Crippen molar-refractivity contribution < 1.29 is 9.84 Å². The lowest BCUT2D eigenvalue weighted by Gasteiger charge is -2.14. The normalized spacial score (nSPS) is 12.2. The van der Waals surface area contributed by atoms with Gasteiger partial charge in [-0.3, -0.25) is 9.36 Å². The van der Waals surface area contributed by atoms with Crippen LogP contribution in [0, 0.1) is 6.92 Å². The molecule has 2 aromatic carbocycles. The lowest BCUT2D eigenvalue weighted by Crippen LogP contribution is -2.30. The van der Waals surface area contributed by atoms with E-state index >= 15 is 0 Å². The van der Waals surface area contributed by atoms with E-state index < -0.39 is 6.10 Å². The van der Waals surface area contributed by atoms with Gasteiger partial charge < -0.3 is 9.84 Å². The van der Waals surface area contributed by atoms with E-state index in [0.29, 0.717) is 16.0 Å². The van der Waals surface area contributed by atoms with Crippen molar-refractivity contribution in [1.82, 2.24) is 9.55 Å². The van der Waals surface area contributed by atoms with Crippen LogP contribution in [-0.2, 0) is 6.54 Å². The molecular weight excluding hydrogens is 372 g/mol. The Kier molecular flexibility index (Phi) is 5.23. The van der Waals surface area contributed by atoms with Crippen molar-refractivity contribution in [3.05, 3.63) is 82.2 Å². The molecule has 0 fully saturated rings. The third-order valence-corrected chi connectivity index (χ3v) is 5.52. The third-order valence-electron chi connectivity index (χ3n) is 4.51. The molecule has 0 aliphatic carbocycles.